The zero-order chi connectivity index (χ0) is 29.6. The Morgan fingerprint density at radius 3 is 2.30 bits per heavy atom. The van der Waals surface area contributed by atoms with Gasteiger partial charge in [0.05, 0.1) is 29.8 Å². The Labute approximate surface area is 240 Å². The van der Waals surface area contributed by atoms with Gasteiger partial charge in [-0.05, 0) is 64.7 Å². The summed E-state index contributed by atoms with van der Waals surface area (Å²) in [6.45, 7) is 10.4. The highest BCUT2D eigenvalue weighted by Gasteiger charge is 2.22. The number of aliphatic hydroxyl groups is 1. The minimum Gasteiger partial charge on any atom is -0.494 e. The monoisotopic (exact) mass is 568 g/mol. The lowest BCUT2D eigenvalue weighted by atomic mass is 9.94. The summed E-state index contributed by atoms with van der Waals surface area (Å²) < 4.78 is 5.66. The van der Waals surface area contributed by atoms with Gasteiger partial charge in [0, 0.05) is 42.5 Å². The van der Waals surface area contributed by atoms with Crippen LogP contribution in [0.4, 0.5) is 34.6 Å². The van der Waals surface area contributed by atoms with Gasteiger partial charge in [-0.2, -0.15) is 4.98 Å². The molecular weight excluding hydrogens is 532 g/mol. The first kappa shape index (κ1) is 30.6. The fourth-order valence-corrected chi connectivity index (χ4v) is 4.02. The Morgan fingerprint density at radius 2 is 1.73 bits per heavy atom. The summed E-state index contributed by atoms with van der Waals surface area (Å²) in [5.74, 6) is 0.646. The number of aromatic nitrogens is 3. The van der Waals surface area contributed by atoms with Crippen LogP contribution in [0.5, 0.6) is 5.75 Å². The van der Waals surface area contributed by atoms with Gasteiger partial charge >= 0.3 is 0 Å². The molecule has 1 amide bonds. The van der Waals surface area contributed by atoms with Crippen molar-refractivity contribution in [3.63, 3.8) is 0 Å². The van der Waals surface area contributed by atoms with Crippen LogP contribution in [0.2, 0.25) is 5.02 Å². The third-order valence-corrected chi connectivity index (χ3v) is 6.48. The van der Waals surface area contributed by atoms with Crippen molar-refractivity contribution in [2.24, 2.45) is 0 Å². The van der Waals surface area contributed by atoms with Gasteiger partial charge in [0.25, 0.3) is 0 Å². The summed E-state index contributed by atoms with van der Waals surface area (Å²) >= 11 is 6.36. The molecule has 1 aromatic heterocycles. The predicted octanol–water partition coefficient (Wildman–Crippen LogP) is 4.68. The van der Waals surface area contributed by atoms with E-state index in [1.165, 1.54) is 12.4 Å². The molecule has 1 heterocycles. The molecule has 11 nitrogen and oxygen atoms in total. The molecule has 2 aromatic carbocycles. The van der Waals surface area contributed by atoms with Crippen molar-refractivity contribution in [3.8, 4) is 5.75 Å². The molecule has 40 heavy (non-hydrogen) atoms. The number of methoxy groups -OCH3 is 1. The van der Waals surface area contributed by atoms with Gasteiger partial charge in [-0.15, -0.1) is 0 Å². The number of aryl methyl sites for hydroxylation is 1. The number of carbonyl (C=O) groups is 1. The number of anilines is 6. The molecule has 0 fully saturated rings. The van der Waals surface area contributed by atoms with E-state index in [9.17, 15) is 9.90 Å². The van der Waals surface area contributed by atoms with Crippen molar-refractivity contribution in [2.75, 3.05) is 62.2 Å². The SMILES string of the molecule is C=CC(=O)Nc1cc(Nc2ncnc(Nc3cc(Cl)c(C)cc3C(C)(C)O)n2)c(OC)cc1N(C)CCN(C)C. The molecular formula is C28H37ClN8O3. The first-order valence-electron chi connectivity index (χ1n) is 12.6. The number of nitrogens with one attached hydrogen (secondary N) is 3. The summed E-state index contributed by atoms with van der Waals surface area (Å²) in [5.41, 5.74) is 2.77. The average molecular weight is 569 g/mol. The number of benzene rings is 2. The molecule has 0 aliphatic heterocycles. The molecule has 12 heteroatoms. The third kappa shape index (κ3) is 7.81. The molecule has 4 N–H and O–H groups in total. The molecule has 0 aliphatic rings. The van der Waals surface area contributed by atoms with Crippen LogP contribution in [-0.2, 0) is 10.4 Å². The summed E-state index contributed by atoms with van der Waals surface area (Å²) in [6, 6.07) is 7.14. The number of nitrogens with zero attached hydrogens (tertiary/aromatic N) is 5. The molecule has 3 rings (SSSR count). The van der Waals surface area contributed by atoms with E-state index in [0.29, 0.717) is 33.4 Å². The summed E-state index contributed by atoms with van der Waals surface area (Å²) in [7, 11) is 7.50. The molecule has 0 unspecified atom stereocenters. The van der Waals surface area contributed by atoms with Crippen LogP contribution in [0.15, 0.2) is 43.2 Å². The summed E-state index contributed by atoms with van der Waals surface area (Å²) in [6.07, 6.45) is 2.57. The summed E-state index contributed by atoms with van der Waals surface area (Å²) in [4.78, 5) is 29.3. The number of halogens is 1. The van der Waals surface area contributed by atoms with Crippen molar-refractivity contribution in [1.29, 1.82) is 0 Å². The zero-order valence-electron chi connectivity index (χ0n) is 24.0. The molecule has 214 valence electrons. The van der Waals surface area contributed by atoms with Crippen molar-refractivity contribution in [1.82, 2.24) is 19.9 Å². The molecule has 0 bridgehead atoms. The van der Waals surface area contributed by atoms with E-state index in [1.54, 1.807) is 33.1 Å². The lowest BCUT2D eigenvalue weighted by molar-refractivity contribution is -0.111. The van der Waals surface area contributed by atoms with E-state index in [2.05, 4.69) is 42.4 Å². The Kier molecular flexibility index (Phi) is 9.91. The van der Waals surface area contributed by atoms with E-state index in [0.717, 1.165) is 24.3 Å². The quantitative estimate of drug-likeness (QED) is 0.229. The highest BCUT2D eigenvalue weighted by atomic mass is 35.5. The lowest BCUT2D eigenvalue weighted by Crippen LogP contribution is -2.29. The van der Waals surface area contributed by atoms with E-state index >= 15 is 0 Å². The van der Waals surface area contributed by atoms with Gasteiger partial charge in [0.1, 0.15) is 12.1 Å². The smallest absolute Gasteiger partial charge is 0.247 e. The Balaban J connectivity index is 1.97. The minimum atomic E-state index is -1.13. The third-order valence-electron chi connectivity index (χ3n) is 6.08. The number of rotatable bonds is 12. The van der Waals surface area contributed by atoms with Crippen LogP contribution < -0.4 is 25.6 Å². The number of hydrogen-bond acceptors (Lipinski definition) is 10. The van der Waals surface area contributed by atoms with Gasteiger partial charge in [-0.1, -0.05) is 18.2 Å². The number of hydrogen-bond donors (Lipinski definition) is 4. The Hall–Kier alpha value is -3.93. The molecule has 0 saturated heterocycles. The maximum atomic E-state index is 12.2. The second-order valence-corrected chi connectivity index (χ2v) is 10.5. The molecule has 0 atom stereocenters. The molecule has 0 spiro atoms. The molecule has 0 saturated carbocycles. The molecule has 0 aliphatic carbocycles. The van der Waals surface area contributed by atoms with Crippen molar-refractivity contribution < 1.29 is 14.6 Å². The first-order valence-corrected chi connectivity index (χ1v) is 13.0. The van der Waals surface area contributed by atoms with E-state index < -0.39 is 5.60 Å². The first-order chi connectivity index (χ1) is 18.8. The summed E-state index contributed by atoms with van der Waals surface area (Å²) in [5, 5.41) is 20.4. The Bertz CT molecular complexity index is 1370. The highest BCUT2D eigenvalue weighted by molar-refractivity contribution is 6.31. The van der Waals surface area contributed by atoms with Crippen molar-refractivity contribution in [3.05, 3.63) is 59.4 Å². The van der Waals surface area contributed by atoms with Crippen molar-refractivity contribution in [2.45, 2.75) is 26.4 Å². The van der Waals surface area contributed by atoms with Crippen molar-refractivity contribution >= 4 is 52.2 Å². The van der Waals surface area contributed by atoms with Gasteiger partial charge in [-0.25, -0.2) is 9.97 Å². The second kappa shape index (κ2) is 12.9. The van der Waals surface area contributed by atoms with Gasteiger partial charge in [0.2, 0.25) is 17.8 Å². The maximum Gasteiger partial charge on any atom is 0.247 e. The van der Waals surface area contributed by atoms with Crippen LogP contribution in [0.1, 0.15) is 25.0 Å². The average Bonchev–Trinajstić information content (AvgIpc) is 2.88. The van der Waals surface area contributed by atoms with E-state index in [-0.39, 0.29) is 17.8 Å². The predicted molar refractivity (Wildman–Crippen MR) is 161 cm³/mol. The minimum absolute atomic E-state index is 0.230. The van der Waals surface area contributed by atoms with Crippen LogP contribution in [0.25, 0.3) is 0 Å². The van der Waals surface area contributed by atoms with Gasteiger partial charge < -0.3 is 35.6 Å². The van der Waals surface area contributed by atoms with Gasteiger partial charge in [-0.3, -0.25) is 4.79 Å². The lowest BCUT2D eigenvalue weighted by Gasteiger charge is -2.26. The molecule has 3 aromatic rings. The standard InChI is InChI=1S/C28H37ClN8O3/c1-9-25(38)32-21-14-22(24(40-8)15-23(21)37(7)11-10-36(5)6)34-27-31-16-30-26(35-27)33-20-13-19(29)17(2)12-18(20)28(3,4)39/h9,12-16,39H,1,10-11H2,2-8H3,(H,32,38)(H2,30,31,33,34,35). The van der Waals surface area contributed by atoms with Gasteiger partial charge in [0.15, 0.2) is 0 Å². The normalized spacial score (nSPS) is 11.2. The fraction of sp³-hybridized carbons (Fsp3) is 0.357. The fourth-order valence-electron chi connectivity index (χ4n) is 3.85. The number of amides is 1. The molecule has 0 radical (unpaired) electrons. The topological polar surface area (TPSA) is 128 Å². The zero-order valence-corrected chi connectivity index (χ0v) is 24.7. The van der Waals surface area contributed by atoms with Crippen LogP contribution in [0, 0.1) is 6.92 Å². The number of likely N-dealkylation sites (N-methyl/N-ethyl adjacent to an activating group) is 2. The van der Waals surface area contributed by atoms with E-state index in [4.69, 9.17) is 16.3 Å². The number of carbonyl (C=O) groups excluding carboxylic acids is 1. The van der Waals surface area contributed by atoms with Crippen LogP contribution >= 0.6 is 11.6 Å². The largest absolute Gasteiger partial charge is 0.494 e. The highest BCUT2D eigenvalue weighted by Crippen LogP contribution is 2.38. The van der Waals surface area contributed by atoms with E-state index in [1.807, 2.05) is 45.1 Å². The maximum absolute atomic E-state index is 12.2. The van der Waals surface area contributed by atoms with Crippen LogP contribution in [0.3, 0.4) is 0 Å². The second-order valence-electron chi connectivity index (χ2n) is 10.1. The Morgan fingerprint density at radius 1 is 1.07 bits per heavy atom. The number of ether oxygens (including phenoxy) is 1. The van der Waals surface area contributed by atoms with Crippen LogP contribution in [-0.4, -0.2) is 72.2 Å².